The van der Waals surface area contributed by atoms with Crippen LogP contribution >= 0.6 is 0 Å². The van der Waals surface area contributed by atoms with Crippen LogP contribution in [0.25, 0.3) is 0 Å². The fourth-order valence-corrected chi connectivity index (χ4v) is 24.1. The third-order valence-electron chi connectivity index (χ3n) is 5.08. The van der Waals surface area contributed by atoms with Crippen molar-refractivity contribution in [1.82, 2.24) is 0 Å². The summed E-state index contributed by atoms with van der Waals surface area (Å²) in [5, 5.41) is 0. The summed E-state index contributed by atoms with van der Waals surface area (Å²) in [7, 11) is -1.40. The van der Waals surface area contributed by atoms with Crippen molar-refractivity contribution in [2.24, 2.45) is 0 Å². The summed E-state index contributed by atoms with van der Waals surface area (Å²) >= 11 is -2.05. The van der Waals surface area contributed by atoms with Crippen LogP contribution in [0.2, 0.25) is 32.4 Å². The van der Waals surface area contributed by atoms with Gasteiger partial charge in [0, 0.05) is 0 Å². The SMILES string of the molecule is CCCC[Si](C)(C)O[CH2][Sn]([CH2]CCC)([CH2]CCC)[CH2]CCC. The molecule has 0 heterocycles. The van der Waals surface area contributed by atoms with Crippen LogP contribution in [-0.4, -0.2) is 31.3 Å². The second-order valence-electron chi connectivity index (χ2n) is 7.96. The van der Waals surface area contributed by atoms with E-state index in [1.807, 2.05) is 0 Å². The van der Waals surface area contributed by atoms with Crippen molar-refractivity contribution in [2.75, 3.05) is 4.62 Å². The molecule has 0 atom stereocenters. The van der Waals surface area contributed by atoms with Crippen molar-refractivity contribution in [3.63, 3.8) is 0 Å². The van der Waals surface area contributed by atoms with Crippen molar-refractivity contribution in [3.8, 4) is 0 Å². The first-order chi connectivity index (χ1) is 10.4. The molecule has 0 aromatic heterocycles. The van der Waals surface area contributed by atoms with E-state index in [1.54, 1.807) is 13.3 Å². The Balaban J connectivity index is 4.76. The Hall–Kier alpha value is 0.976. The molecule has 0 amide bonds. The molecule has 0 rings (SSSR count). The van der Waals surface area contributed by atoms with Crippen LogP contribution in [-0.2, 0) is 4.43 Å². The maximum absolute atomic E-state index is 6.72. The Kier molecular flexibility index (Phi) is 13.9. The molecular weight excluding hydrogens is 391 g/mol. The standard InChI is InChI=1S/C7H17OSi.3C4H9.Sn/c1-5-6-7-9(3,4)8-2;3*1-3-4-2;/h2,5-7H2,1,3-4H3;3*1,3-4H2,2H3;. The number of unbranched alkanes of at least 4 members (excludes halogenated alkanes) is 4. The van der Waals surface area contributed by atoms with Crippen LogP contribution in [0.3, 0.4) is 0 Å². The van der Waals surface area contributed by atoms with E-state index in [-0.39, 0.29) is 0 Å². The molecule has 0 saturated carbocycles. The van der Waals surface area contributed by atoms with Crippen LogP contribution in [0.5, 0.6) is 0 Å². The number of hydrogen-bond acceptors (Lipinski definition) is 1. The molecule has 0 saturated heterocycles. The van der Waals surface area contributed by atoms with E-state index in [4.69, 9.17) is 4.43 Å². The van der Waals surface area contributed by atoms with Gasteiger partial charge in [-0.2, -0.15) is 0 Å². The fraction of sp³-hybridized carbons (Fsp3) is 1.00. The van der Waals surface area contributed by atoms with Crippen LogP contribution in [0.1, 0.15) is 79.1 Å². The zero-order valence-electron chi connectivity index (χ0n) is 16.6. The van der Waals surface area contributed by atoms with Gasteiger partial charge in [0.1, 0.15) is 0 Å². The Bertz CT molecular complexity index is 234. The van der Waals surface area contributed by atoms with Crippen LogP contribution in [0.15, 0.2) is 0 Å². The molecule has 0 spiro atoms. The normalized spacial score (nSPS) is 12.8. The van der Waals surface area contributed by atoms with Crippen LogP contribution in [0, 0.1) is 0 Å². The molecule has 0 fully saturated rings. The molecule has 1 nitrogen and oxygen atoms in total. The van der Waals surface area contributed by atoms with Crippen molar-refractivity contribution < 1.29 is 4.43 Å². The average Bonchev–Trinajstić information content (AvgIpc) is 2.52. The molecule has 0 aromatic carbocycles. The quantitative estimate of drug-likeness (QED) is 0.244. The van der Waals surface area contributed by atoms with Gasteiger partial charge in [0.05, 0.1) is 0 Å². The number of hydrogen-bond donors (Lipinski definition) is 0. The van der Waals surface area contributed by atoms with Gasteiger partial charge in [0.25, 0.3) is 0 Å². The first kappa shape index (κ1) is 23.0. The molecule has 0 radical (unpaired) electrons. The second kappa shape index (κ2) is 13.3. The van der Waals surface area contributed by atoms with E-state index in [0.717, 1.165) is 0 Å². The summed E-state index contributed by atoms with van der Waals surface area (Å²) in [5.74, 6) is 0. The summed E-state index contributed by atoms with van der Waals surface area (Å²) in [6.07, 6.45) is 11.2. The monoisotopic (exact) mass is 436 g/mol. The Labute approximate surface area is 147 Å². The predicted octanol–water partition coefficient (Wildman–Crippen LogP) is 7.40. The molecule has 134 valence electrons. The second-order valence-corrected chi connectivity index (χ2v) is 25.9. The Morgan fingerprint density at radius 1 is 0.682 bits per heavy atom. The molecule has 0 aliphatic rings. The van der Waals surface area contributed by atoms with Gasteiger partial charge in [-0.1, -0.05) is 0 Å². The van der Waals surface area contributed by atoms with E-state index in [1.165, 1.54) is 62.0 Å². The van der Waals surface area contributed by atoms with Crippen molar-refractivity contribution in [2.45, 2.75) is 112 Å². The molecule has 0 aliphatic heterocycles. The van der Waals surface area contributed by atoms with Gasteiger partial charge < -0.3 is 0 Å². The summed E-state index contributed by atoms with van der Waals surface area (Å²) in [5.41, 5.74) is 0. The molecule has 0 unspecified atom stereocenters. The third kappa shape index (κ3) is 10.7. The van der Waals surface area contributed by atoms with Gasteiger partial charge in [-0.15, -0.1) is 0 Å². The van der Waals surface area contributed by atoms with E-state index >= 15 is 0 Å². The first-order valence-electron chi connectivity index (χ1n) is 10.1. The fourth-order valence-electron chi connectivity index (χ4n) is 3.27. The van der Waals surface area contributed by atoms with E-state index in [2.05, 4.69) is 40.8 Å². The topological polar surface area (TPSA) is 9.23 Å². The van der Waals surface area contributed by atoms with Gasteiger partial charge in [0.2, 0.25) is 0 Å². The maximum atomic E-state index is 6.72. The van der Waals surface area contributed by atoms with Crippen LogP contribution < -0.4 is 0 Å². The molecule has 22 heavy (non-hydrogen) atoms. The Morgan fingerprint density at radius 3 is 1.45 bits per heavy atom. The minimum atomic E-state index is -2.05. The predicted molar refractivity (Wildman–Crippen MR) is 108 cm³/mol. The molecular formula is C19H44OSiSn. The molecule has 0 aromatic rings. The minimum absolute atomic E-state index is 1.25. The van der Waals surface area contributed by atoms with E-state index in [0.29, 0.717) is 0 Å². The first-order valence-corrected chi connectivity index (χ1v) is 21.3. The van der Waals surface area contributed by atoms with Gasteiger partial charge in [0.15, 0.2) is 0 Å². The summed E-state index contributed by atoms with van der Waals surface area (Å²) in [6.45, 7) is 14.3. The van der Waals surface area contributed by atoms with Crippen LogP contribution in [0.4, 0.5) is 0 Å². The molecule has 0 N–H and O–H groups in total. The van der Waals surface area contributed by atoms with Crippen molar-refractivity contribution in [1.29, 1.82) is 0 Å². The molecule has 0 bridgehead atoms. The van der Waals surface area contributed by atoms with E-state index in [9.17, 15) is 0 Å². The molecule has 3 heteroatoms. The van der Waals surface area contributed by atoms with Gasteiger partial charge in [-0.3, -0.25) is 0 Å². The third-order valence-corrected chi connectivity index (χ3v) is 22.7. The summed E-state index contributed by atoms with van der Waals surface area (Å²) in [6, 6.07) is 1.36. The summed E-state index contributed by atoms with van der Waals surface area (Å²) < 4.78 is 12.7. The summed E-state index contributed by atoms with van der Waals surface area (Å²) in [4.78, 5) is 0. The Morgan fingerprint density at radius 2 is 1.09 bits per heavy atom. The number of rotatable bonds is 15. The van der Waals surface area contributed by atoms with Crippen molar-refractivity contribution >= 4 is 26.7 Å². The van der Waals surface area contributed by atoms with Gasteiger partial charge in [-0.25, -0.2) is 0 Å². The van der Waals surface area contributed by atoms with E-state index < -0.39 is 26.7 Å². The zero-order valence-corrected chi connectivity index (χ0v) is 20.5. The van der Waals surface area contributed by atoms with Gasteiger partial charge in [-0.05, 0) is 0 Å². The van der Waals surface area contributed by atoms with Gasteiger partial charge >= 0.3 is 147 Å². The molecule has 0 aliphatic carbocycles. The van der Waals surface area contributed by atoms with Crippen molar-refractivity contribution in [3.05, 3.63) is 0 Å². The average molecular weight is 435 g/mol. The zero-order chi connectivity index (χ0) is 16.9.